The molecule has 3 aliphatic rings. The van der Waals surface area contributed by atoms with E-state index in [9.17, 15) is 4.79 Å². The van der Waals surface area contributed by atoms with Gasteiger partial charge in [0.25, 0.3) is 0 Å². The summed E-state index contributed by atoms with van der Waals surface area (Å²) in [5.41, 5.74) is 4.65. The van der Waals surface area contributed by atoms with Gasteiger partial charge in [-0.25, -0.2) is 4.98 Å². The Hall–Kier alpha value is -3.42. The van der Waals surface area contributed by atoms with Gasteiger partial charge >= 0.3 is 0 Å². The van der Waals surface area contributed by atoms with Gasteiger partial charge in [0.05, 0.1) is 5.69 Å². The predicted molar refractivity (Wildman–Crippen MR) is 145 cm³/mol. The second-order valence-corrected chi connectivity index (χ2v) is 10.9. The first kappa shape index (κ1) is 23.9. The van der Waals surface area contributed by atoms with Crippen molar-refractivity contribution in [1.29, 1.82) is 0 Å². The number of anilines is 3. The summed E-state index contributed by atoms with van der Waals surface area (Å²) >= 11 is 0. The van der Waals surface area contributed by atoms with Gasteiger partial charge in [-0.3, -0.25) is 9.89 Å². The van der Waals surface area contributed by atoms with E-state index < -0.39 is 0 Å². The minimum atomic E-state index is -0.232. The molecule has 8 heteroatoms. The lowest BCUT2D eigenvalue weighted by molar-refractivity contribution is -0.131. The number of hydrogen-bond donors (Lipinski definition) is 2. The number of aromatic amines is 1. The molecule has 0 unspecified atom stereocenters. The Labute approximate surface area is 218 Å². The van der Waals surface area contributed by atoms with Crippen LogP contribution in [0, 0.1) is 0 Å². The number of H-pyrrole nitrogens is 1. The van der Waals surface area contributed by atoms with Gasteiger partial charge in [-0.2, -0.15) is 10.1 Å². The minimum Gasteiger partial charge on any atom is -0.340 e. The highest BCUT2D eigenvalue weighted by Crippen LogP contribution is 2.35. The molecule has 1 amide bonds. The standard InChI is InChI=1S/C29H37N7O/c1-35(19-20-10-4-2-5-11-20)28(37)25-16-9-17-36(25)29-30-23-15-8-14-22(23)27(32-29)31-26-18-24(33-34-26)21-12-6-3-7-13-21/h2,4-5,10-11,18,21,25H,3,6-9,12-17,19H2,1H3,(H2,30,31,32,33,34)/t25-/m0/s1. The summed E-state index contributed by atoms with van der Waals surface area (Å²) in [5.74, 6) is 3.03. The molecule has 3 aromatic rings. The summed E-state index contributed by atoms with van der Waals surface area (Å²) in [4.78, 5) is 27.4. The van der Waals surface area contributed by atoms with Crippen LogP contribution in [-0.4, -0.2) is 50.6 Å². The van der Waals surface area contributed by atoms with E-state index in [4.69, 9.17) is 9.97 Å². The van der Waals surface area contributed by atoms with Crippen molar-refractivity contribution in [2.75, 3.05) is 23.8 Å². The molecule has 1 aromatic carbocycles. The summed E-state index contributed by atoms with van der Waals surface area (Å²) in [6.45, 7) is 1.40. The zero-order chi connectivity index (χ0) is 25.2. The number of carbonyl (C=O) groups excluding carboxylic acids is 1. The number of nitrogens with one attached hydrogen (secondary N) is 2. The third-order valence-electron chi connectivity index (χ3n) is 8.24. The zero-order valence-electron chi connectivity index (χ0n) is 21.7. The van der Waals surface area contributed by atoms with Crippen LogP contribution in [0.5, 0.6) is 0 Å². The van der Waals surface area contributed by atoms with Gasteiger partial charge in [0, 0.05) is 43.4 Å². The van der Waals surface area contributed by atoms with Gasteiger partial charge in [-0.1, -0.05) is 49.6 Å². The van der Waals surface area contributed by atoms with E-state index in [1.54, 1.807) is 0 Å². The fourth-order valence-electron chi connectivity index (χ4n) is 6.25. The Balaban J connectivity index is 1.22. The molecule has 37 heavy (non-hydrogen) atoms. The van der Waals surface area contributed by atoms with Crippen LogP contribution in [0.25, 0.3) is 0 Å². The summed E-state index contributed by atoms with van der Waals surface area (Å²) in [6, 6.07) is 12.1. The lowest BCUT2D eigenvalue weighted by Gasteiger charge is -2.28. The van der Waals surface area contributed by atoms with Crippen LogP contribution in [0.1, 0.15) is 79.8 Å². The van der Waals surface area contributed by atoms with Gasteiger partial charge in [0.15, 0.2) is 5.82 Å². The van der Waals surface area contributed by atoms with Crippen molar-refractivity contribution < 1.29 is 4.79 Å². The Bertz CT molecular complexity index is 1230. The molecule has 2 aromatic heterocycles. The third-order valence-corrected chi connectivity index (χ3v) is 8.24. The summed E-state index contributed by atoms with van der Waals surface area (Å²) < 4.78 is 0. The van der Waals surface area contributed by atoms with E-state index in [0.717, 1.165) is 61.5 Å². The molecule has 0 bridgehead atoms. The fraction of sp³-hybridized carbons (Fsp3) is 0.517. The lowest BCUT2D eigenvalue weighted by Crippen LogP contribution is -2.44. The minimum absolute atomic E-state index is 0.129. The number of amides is 1. The highest BCUT2D eigenvalue weighted by atomic mass is 16.2. The molecule has 8 nitrogen and oxygen atoms in total. The van der Waals surface area contributed by atoms with E-state index >= 15 is 0 Å². The van der Waals surface area contributed by atoms with Crippen molar-refractivity contribution >= 4 is 23.5 Å². The van der Waals surface area contributed by atoms with E-state index in [0.29, 0.717) is 18.4 Å². The number of likely N-dealkylation sites (N-methyl/N-ethyl adjacent to an activating group) is 1. The van der Waals surface area contributed by atoms with Gasteiger partial charge in [-0.15, -0.1) is 0 Å². The van der Waals surface area contributed by atoms with Crippen LogP contribution in [0.4, 0.5) is 17.6 Å². The molecule has 0 radical (unpaired) electrons. The second kappa shape index (κ2) is 10.5. The van der Waals surface area contributed by atoms with Crippen LogP contribution in [0.15, 0.2) is 36.4 Å². The first-order valence-electron chi connectivity index (χ1n) is 13.9. The molecule has 6 rings (SSSR count). The maximum atomic E-state index is 13.5. The first-order valence-corrected chi connectivity index (χ1v) is 13.9. The fourth-order valence-corrected chi connectivity index (χ4v) is 6.25. The Kier molecular flexibility index (Phi) is 6.81. The third kappa shape index (κ3) is 5.06. The maximum absolute atomic E-state index is 13.5. The topological polar surface area (TPSA) is 90.0 Å². The van der Waals surface area contributed by atoms with Crippen molar-refractivity contribution in [2.24, 2.45) is 0 Å². The molecule has 1 aliphatic heterocycles. The molecule has 0 spiro atoms. The number of hydrogen-bond acceptors (Lipinski definition) is 6. The number of aryl methyl sites for hydroxylation is 1. The van der Waals surface area contributed by atoms with Gasteiger partial charge < -0.3 is 15.1 Å². The second-order valence-electron chi connectivity index (χ2n) is 10.9. The summed E-state index contributed by atoms with van der Waals surface area (Å²) in [6.07, 6.45) is 11.2. The predicted octanol–water partition coefficient (Wildman–Crippen LogP) is 5.11. The molecule has 2 N–H and O–H groups in total. The van der Waals surface area contributed by atoms with E-state index in [1.807, 2.05) is 30.1 Å². The molecule has 2 fully saturated rings. The number of rotatable bonds is 7. The summed E-state index contributed by atoms with van der Waals surface area (Å²) in [7, 11) is 1.89. The number of fused-ring (bicyclic) bond motifs is 1. The average Bonchev–Trinajstić information content (AvgIpc) is 3.70. The van der Waals surface area contributed by atoms with Crippen LogP contribution in [0.3, 0.4) is 0 Å². The van der Waals surface area contributed by atoms with Crippen LogP contribution >= 0.6 is 0 Å². The van der Waals surface area contributed by atoms with E-state index in [-0.39, 0.29) is 11.9 Å². The van der Waals surface area contributed by atoms with Gasteiger partial charge in [-0.05, 0) is 50.5 Å². The van der Waals surface area contributed by atoms with Crippen molar-refractivity contribution in [3.05, 3.63) is 58.9 Å². The number of aromatic nitrogens is 4. The van der Waals surface area contributed by atoms with Crippen LogP contribution < -0.4 is 10.2 Å². The molecule has 1 atom stereocenters. The average molecular weight is 500 g/mol. The maximum Gasteiger partial charge on any atom is 0.245 e. The quantitative estimate of drug-likeness (QED) is 0.470. The Morgan fingerprint density at radius 3 is 2.73 bits per heavy atom. The van der Waals surface area contributed by atoms with Crippen molar-refractivity contribution in [1.82, 2.24) is 25.1 Å². The lowest BCUT2D eigenvalue weighted by atomic mass is 9.87. The largest absolute Gasteiger partial charge is 0.340 e. The Morgan fingerprint density at radius 2 is 1.89 bits per heavy atom. The Morgan fingerprint density at radius 1 is 1.05 bits per heavy atom. The molecule has 194 valence electrons. The molecule has 1 saturated heterocycles. The van der Waals surface area contributed by atoms with E-state index in [1.165, 1.54) is 43.4 Å². The summed E-state index contributed by atoms with van der Waals surface area (Å²) in [5, 5.41) is 11.4. The molecular weight excluding hydrogens is 462 g/mol. The number of benzene rings is 1. The van der Waals surface area contributed by atoms with Crippen molar-refractivity contribution in [3.8, 4) is 0 Å². The highest BCUT2D eigenvalue weighted by Gasteiger charge is 2.35. The molecule has 3 heterocycles. The zero-order valence-corrected chi connectivity index (χ0v) is 21.7. The van der Waals surface area contributed by atoms with Crippen molar-refractivity contribution in [3.63, 3.8) is 0 Å². The van der Waals surface area contributed by atoms with E-state index in [2.05, 4.69) is 38.6 Å². The molecule has 1 saturated carbocycles. The van der Waals surface area contributed by atoms with Crippen molar-refractivity contribution in [2.45, 2.75) is 82.7 Å². The SMILES string of the molecule is CN(Cc1ccccc1)C(=O)[C@@H]1CCCN1c1nc2c(c(Nc3cc(C4CCCCC4)[nH]n3)n1)CCC2. The smallest absolute Gasteiger partial charge is 0.245 e. The highest BCUT2D eigenvalue weighted by molar-refractivity contribution is 5.85. The molecule has 2 aliphatic carbocycles. The monoisotopic (exact) mass is 499 g/mol. The number of carbonyl (C=O) groups is 1. The first-order chi connectivity index (χ1) is 18.2. The normalized spacial score (nSPS) is 19.7. The van der Waals surface area contributed by atoms with Gasteiger partial charge in [0.1, 0.15) is 11.9 Å². The van der Waals surface area contributed by atoms with Crippen LogP contribution in [0.2, 0.25) is 0 Å². The van der Waals surface area contributed by atoms with Crippen LogP contribution in [-0.2, 0) is 24.2 Å². The molecular formula is C29H37N7O. The number of nitrogens with zero attached hydrogens (tertiary/aromatic N) is 5. The van der Waals surface area contributed by atoms with Gasteiger partial charge in [0.2, 0.25) is 11.9 Å².